The highest BCUT2D eigenvalue weighted by Gasteiger charge is 2.24. The van der Waals surface area contributed by atoms with E-state index in [1.807, 2.05) is 0 Å². The van der Waals surface area contributed by atoms with Gasteiger partial charge in [0.15, 0.2) is 0 Å². The first-order chi connectivity index (χ1) is 9.80. The molecule has 0 atom stereocenters. The molecule has 2 N–H and O–H groups in total. The van der Waals surface area contributed by atoms with Crippen LogP contribution in [-0.2, 0) is 5.60 Å². The van der Waals surface area contributed by atoms with Crippen molar-refractivity contribution in [3.05, 3.63) is 63.2 Å². The number of aliphatic hydroxyl groups is 1. The van der Waals surface area contributed by atoms with Gasteiger partial charge in [-0.15, -0.1) is 0 Å². The SMILES string of the molecule is CC(C)(O)c1c(Cl)cccc1Nc1ccccc1[N+](=O)[O-]. The molecule has 2 rings (SSSR count). The first kappa shape index (κ1) is 15.3. The molecule has 0 bridgehead atoms. The Morgan fingerprint density at radius 3 is 2.38 bits per heavy atom. The molecule has 0 saturated heterocycles. The number of benzene rings is 2. The molecule has 0 aliphatic heterocycles. The molecule has 0 saturated carbocycles. The number of nitro groups is 1. The minimum absolute atomic E-state index is 0.0424. The molecule has 0 spiro atoms. The van der Waals surface area contributed by atoms with Gasteiger partial charge in [-0.3, -0.25) is 10.1 Å². The summed E-state index contributed by atoms with van der Waals surface area (Å²) in [5.41, 5.74) is 0.146. The molecule has 5 nitrogen and oxygen atoms in total. The van der Waals surface area contributed by atoms with Crippen molar-refractivity contribution in [3.8, 4) is 0 Å². The summed E-state index contributed by atoms with van der Waals surface area (Å²) in [5.74, 6) is 0. The summed E-state index contributed by atoms with van der Waals surface area (Å²) in [6, 6.07) is 11.4. The molecule has 2 aromatic rings. The van der Waals surface area contributed by atoms with E-state index in [1.54, 1.807) is 50.2 Å². The molecule has 6 heteroatoms. The molecule has 21 heavy (non-hydrogen) atoms. The summed E-state index contributed by atoms with van der Waals surface area (Å²) < 4.78 is 0. The maximum absolute atomic E-state index is 11.1. The van der Waals surface area contributed by atoms with Crippen molar-refractivity contribution < 1.29 is 10.0 Å². The van der Waals surface area contributed by atoms with Crippen LogP contribution in [0.4, 0.5) is 17.1 Å². The zero-order chi connectivity index (χ0) is 15.6. The van der Waals surface area contributed by atoms with E-state index in [1.165, 1.54) is 6.07 Å². The molecule has 0 amide bonds. The Bertz CT molecular complexity index is 681. The minimum Gasteiger partial charge on any atom is -0.386 e. The van der Waals surface area contributed by atoms with Crippen LogP contribution in [0.1, 0.15) is 19.4 Å². The predicted octanol–water partition coefficient (Wildman–Crippen LogP) is 4.22. The van der Waals surface area contributed by atoms with E-state index in [9.17, 15) is 15.2 Å². The van der Waals surface area contributed by atoms with Gasteiger partial charge in [0, 0.05) is 22.3 Å². The van der Waals surface area contributed by atoms with Crippen LogP contribution < -0.4 is 5.32 Å². The summed E-state index contributed by atoms with van der Waals surface area (Å²) in [4.78, 5) is 10.6. The van der Waals surface area contributed by atoms with Crippen LogP contribution in [-0.4, -0.2) is 10.0 Å². The number of nitro benzene ring substituents is 1. The Hall–Kier alpha value is -2.11. The largest absolute Gasteiger partial charge is 0.386 e. The van der Waals surface area contributed by atoms with E-state index in [0.29, 0.717) is 22.0 Å². The van der Waals surface area contributed by atoms with Crippen LogP contribution in [0, 0.1) is 10.1 Å². The average molecular weight is 307 g/mol. The summed E-state index contributed by atoms with van der Waals surface area (Å²) in [7, 11) is 0. The fourth-order valence-electron chi connectivity index (χ4n) is 2.13. The third-order valence-electron chi connectivity index (χ3n) is 3.00. The van der Waals surface area contributed by atoms with Crippen LogP contribution >= 0.6 is 11.6 Å². The van der Waals surface area contributed by atoms with E-state index in [2.05, 4.69) is 5.32 Å². The van der Waals surface area contributed by atoms with Crippen LogP contribution in [0.15, 0.2) is 42.5 Å². The topological polar surface area (TPSA) is 75.4 Å². The molecule has 0 aliphatic rings. The normalized spacial score (nSPS) is 11.2. The minimum atomic E-state index is -1.18. The van der Waals surface area contributed by atoms with E-state index >= 15 is 0 Å². The van der Waals surface area contributed by atoms with E-state index in [0.717, 1.165) is 0 Å². The Labute approximate surface area is 127 Å². The van der Waals surface area contributed by atoms with Gasteiger partial charge in [-0.05, 0) is 32.0 Å². The Kier molecular flexibility index (Phi) is 4.16. The quantitative estimate of drug-likeness (QED) is 0.655. The molecule has 0 aromatic heterocycles. The second-order valence-electron chi connectivity index (χ2n) is 5.12. The third-order valence-corrected chi connectivity index (χ3v) is 3.31. The van der Waals surface area contributed by atoms with E-state index in [-0.39, 0.29) is 5.69 Å². The summed E-state index contributed by atoms with van der Waals surface area (Å²) in [6.45, 7) is 3.22. The van der Waals surface area contributed by atoms with E-state index < -0.39 is 10.5 Å². The van der Waals surface area contributed by atoms with Crippen molar-refractivity contribution in [2.75, 3.05) is 5.32 Å². The van der Waals surface area contributed by atoms with Crippen LogP contribution in [0.2, 0.25) is 5.02 Å². The van der Waals surface area contributed by atoms with Gasteiger partial charge >= 0.3 is 0 Å². The predicted molar refractivity (Wildman–Crippen MR) is 83.1 cm³/mol. The number of hydrogen-bond donors (Lipinski definition) is 2. The molecule has 0 aliphatic carbocycles. The van der Waals surface area contributed by atoms with Gasteiger partial charge < -0.3 is 10.4 Å². The molecular formula is C15H15ClN2O3. The molecule has 0 heterocycles. The lowest BCUT2D eigenvalue weighted by Crippen LogP contribution is -2.18. The summed E-state index contributed by atoms with van der Waals surface area (Å²) in [5, 5.41) is 24.7. The zero-order valence-electron chi connectivity index (χ0n) is 11.6. The Balaban J connectivity index is 2.51. The van der Waals surface area contributed by atoms with Crippen molar-refractivity contribution in [2.45, 2.75) is 19.4 Å². The van der Waals surface area contributed by atoms with Crippen LogP contribution in [0.25, 0.3) is 0 Å². The number of nitrogens with zero attached hydrogens (tertiary/aromatic N) is 1. The van der Waals surface area contributed by atoms with Crippen molar-refractivity contribution in [3.63, 3.8) is 0 Å². The molecule has 0 fully saturated rings. The molecule has 0 radical (unpaired) electrons. The first-order valence-corrected chi connectivity index (χ1v) is 6.70. The van der Waals surface area contributed by atoms with Gasteiger partial charge in [0.05, 0.1) is 10.5 Å². The monoisotopic (exact) mass is 306 g/mol. The van der Waals surface area contributed by atoms with Crippen LogP contribution in [0.5, 0.6) is 0 Å². The summed E-state index contributed by atoms with van der Waals surface area (Å²) >= 11 is 6.15. The zero-order valence-corrected chi connectivity index (χ0v) is 12.4. The van der Waals surface area contributed by atoms with Gasteiger partial charge in [0.1, 0.15) is 5.69 Å². The lowest BCUT2D eigenvalue weighted by atomic mass is 9.96. The van der Waals surface area contributed by atoms with Gasteiger partial charge in [0.2, 0.25) is 0 Å². The van der Waals surface area contributed by atoms with Gasteiger partial charge in [0.25, 0.3) is 5.69 Å². The number of halogens is 1. The standard InChI is InChI=1S/C15H15ClN2O3/c1-15(2,19)14-10(16)6-5-8-12(14)17-11-7-3-4-9-13(11)18(20)21/h3-9,17,19H,1-2H3. The highest BCUT2D eigenvalue weighted by molar-refractivity contribution is 6.31. The van der Waals surface area contributed by atoms with Gasteiger partial charge in [-0.25, -0.2) is 0 Å². The number of nitrogens with one attached hydrogen (secondary N) is 1. The fraction of sp³-hybridized carbons (Fsp3) is 0.200. The molecular weight excluding hydrogens is 292 g/mol. The number of rotatable bonds is 4. The van der Waals surface area contributed by atoms with Crippen LogP contribution in [0.3, 0.4) is 0 Å². The van der Waals surface area contributed by atoms with Crippen molar-refractivity contribution in [1.82, 2.24) is 0 Å². The number of para-hydroxylation sites is 2. The second-order valence-corrected chi connectivity index (χ2v) is 5.53. The second kappa shape index (κ2) is 5.71. The molecule has 0 unspecified atom stereocenters. The number of anilines is 2. The smallest absolute Gasteiger partial charge is 0.292 e. The average Bonchev–Trinajstić information content (AvgIpc) is 2.37. The van der Waals surface area contributed by atoms with Gasteiger partial charge in [-0.1, -0.05) is 29.8 Å². The molecule has 2 aromatic carbocycles. The lowest BCUT2D eigenvalue weighted by Gasteiger charge is -2.23. The maximum Gasteiger partial charge on any atom is 0.292 e. The fourth-order valence-corrected chi connectivity index (χ4v) is 2.54. The van der Waals surface area contributed by atoms with E-state index in [4.69, 9.17) is 11.6 Å². The maximum atomic E-state index is 11.1. The highest BCUT2D eigenvalue weighted by Crippen LogP contribution is 2.37. The summed E-state index contributed by atoms with van der Waals surface area (Å²) in [6.07, 6.45) is 0. The van der Waals surface area contributed by atoms with Crippen molar-refractivity contribution in [2.24, 2.45) is 0 Å². The first-order valence-electron chi connectivity index (χ1n) is 6.32. The molecule has 110 valence electrons. The lowest BCUT2D eigenvalue weighted by molar-refractivity contribution is -0.383. The third kappa shape index (κ3) is 3.32. The number of hydrogen-bond acceptors (Lipinski definition) is 4. The Morgan fingerprint density at radius 1 is 1.14 bits per heavy atom. The van der Waals surface area contributed by atoms with Crippen molar-refractivity contribution in [1.29, 1.82) is 0 Å². The van der Waals surface area contributed by atoms with Crippen molar-refractivity contribution >= 4 is 28.7 Å². The highest BCUT2D eigenvalue weighted by atomic mass is 35.5. The van der Waals surface area contributed by atoms with Gasteiger partial charge in [-0.2, -0.15) is 0 Å². The Morgan fingerprint density at radius 2 is 1.76 bits per heavy atom.